The number of hydrogen-bond acceptors (Lipinski definition) is 5. The Bertz CT molecular complexity index is 824. The number of rotatable bonds is 2. The Hall–Kier alpha value is -2.89. The fraction of sp³-hybridized carbons (Fsp3) is 0.0714. The van der Waals surface area contributed by atoms with Crippen LogP contribution in [0.4, 0.5) is 11.4 Å². The molecule has 0 saturated heterocycles. The summed E-state index contributed by atoms with van der Waals surface area (Å²) < 4.78 is 5.61. The Balaban J connectivity index is 2.15. The monoisotopic (exact) mass is 269 g/mol. The van der Waals surface area contributed by atoms with Crippen LogP contribution >= 0.6 is 0 Å². The summed E-state index contributed by atoms with van der Waals surface area (Å²) in [7, 11) is 0. The van der Waals surface area contributed by atoms with E-state index < -0.39 is 4.92 Å². The molecule has 20 heavy (non-hydrogen) atoms. The van der Waals surface area contributed by atoms with Crippen molar-refractivity contribution in [3.8, 4) is 11.5 Å². The quantitative estimate of drug-likeness (QED) is 0.437. The highest BCUT2D eigenvalue weighted by Gasteiger charge is 2.15. The zero-order valence-corrected chi connectivity index (χ0v) is 10.7. The summed E-state index contributed by atoms with van der Waals surface area (Å²) in [6, 6.07) is 10.1. The number of aromatic nitrogens is 1. The zero-order valence-electron chi connectivity index (χ0n) is 10.7. The van der Waals surface area contributed by atoms with Crippen LogP contribution in [0.25, 0.3) is 22.6 Å². The topological polar surface area (TPSA) is 95.2 Å². The fourth-order valence-electron chi connectivity index (χ4n) is 2.00. The van der Waals surface area contributed by atoms with Gasteiger partial charge in [0.15, 0.2) is 5.58 Å². The van der Waals surface area contributed by atoms with Crippen LogP contribution in [-0.2, 0) is 0 Å². The highest BCUT2D eigenvalue weighted by Crippen LogP contribution is 2.30. The van der Waals surface area contributed by atoms with E-state index in [-0.39, 0.29) is 11.4 Å². The number of aryl methyl sites for hydroxylation is 1. The number of nitro benzene ring substituents is 1. The van der Waals surface area contributed by atoms with Gasteiger partial charge in [0.05, 0.1) is 4.92 Å². The molecule has 1 heterocycles. The molecular weight excluding hydrogens is 258 g/mol. The molecule has 0 bridgehead atoms. The molecular formula is C14H11N3O3. The number of hydrogen-bond donors (Lipinski definition) is 1. The van der Waals surface area contributed by atoms with Crippen molar-refractivity contribution >= 4 is 22.5 Å². The Kier molecular flexibility index (Phi) is 2.64. The first kappa shape index (κ1) is 12.2. The molecule has 3 rings (SSSR count). The van der Waals surface area contributed by atoms with Gasteiger partial charge in [-0.3, -0.25) is 10.1 Å². The summed E-state index contributed by atoms with van der Waals surface area (Å²) in [5, 5.41) is 10.9. The van der Waals surface area contributed by atoms with E-state index in [1.807, 2.05) is 25.1 Å². The number of nitrogens with zero attached hydrogens (tertiary/aromatic N) is 2. The fourth-order valence-corrected chi connectivity index (χ4v) is 2.00. The van der Waals surface area contributed by atoms with Crippen molar-refractivity contribution in [1.29, 1.82) is 0 Å². The summed E-state index contributed by atoms with van der Waals surface area (Å²) in [6.07, 6.45) is 0. The molecule has 6 heteroatoms. The van der Waals surface area contributed by atoms with Crippen molar-refractivity contribution in [3.05, 3.63) is 52.1 Å². The maximum atomic E-state index is 10.9. The average molecular weight is 269 g/mol. The van der Waals surface area contributed by atoms with Gasteiger partial charge in [-0.05, 0) is 36.8 Å². The van der Waals surface area contributed by atoms with Gasteiger partial charge in [0.2, 0.25) is 5.89 Å². The minimum atomic E-state index is -0.522. The summed E-state index contributed by atoms with van der Waals surface area (Å²) in [5.41, 5.74) is 8.50. The van der Waals surface area contributed by atoms with Crippen LogP contribution in [0.2, 0.25) is 0 Å². The van der Waals surface area contributed by atoms with Crippen LogP contribution in [0.15, 0.2) is 40.8 Å². The SMILES string of the molecule is Cc1ccc2oc(-c3ccc(N)c([N+](=O)[O-])c3)nc2c1. The van der Waals surface area contributed by atoms with Crippen molar-refractivity contribution in [3.63, 3.8) is 0 Å². The van der Waals surface area contributed by atoms with E-state index in [0.717, 1.165) is 11.1 Å². The van der Waals surface area contributed by atoms with Gasteiger partial charge >= 0.3 is 0 Å². The number of nitro groups is 1. The van der Waals surface area contributed by atoms with Gasteiger partial charge in [0.25, 0.3) is 5.69 Å². The lowest BCUT2D eigenvalue weighted by Gasteiger charge is -1.99. The van der Waals surface area contributed by atoms with Crippen molar-refractivity contribution in [2.24, 2.45) is 0 Å². The van der Waals surface area contributed by atoms with E-state index in [4.69, 9.17) is 10.2 Å². The smallest absolute Gasteiger partial charge is 0.292 e. The van der Waals surface area contributed by atoms with E-state index in [0.29, 0.717) is 17.0 Å². The Morgan fingerprint density at radius 3 is 2.80 bits per heavy atom. The molecule has 0 aliphatic heterocycles. The van der Waals surface area contributed by atoms with Crippen molar-refractivity contribution < 1.29 is 9.34 Å². The number of benzene rings is 2. The molecule has 0 fully saturated rings. The molecule has 2 aromatic carbocycles. The van der Waals surface area contributed by atoms with E-state index in [1.165, 1.54) is 12.1 Å². The minimum Gasteiger partial charge on any atom is -0.436 e. The number of anilines is 1. The molecule has 0 aliphatic rings. The number of nitrogen functional groups attached to an aromatic ring is 1. The van der Waals surface area contributed by atoms with Gasteiger partial charge < -0.3 is 10.2 Å². The van der Waals surface area contributed by atoms with Crippen LogP contribution in [0.1, 0.15) is 5.56 Å². The van der Waals surface area contributed by atoms with Crippen molar-refractivity contribution in [2.45, 2.75) is 6.92 Å². The number of fused-ring (bicyclic) bond motifs is 1. The van der Waals surface area contributed by atoms with E-state index in [9.17, 15) is 10.1 Å². The third-order valence-corrected chi connectivity index (χ3v) is 3.02. The third-order valence-electron chi connectivity index (χ3n) is 3.02. The largest absolute Gasteiger partial charge is 0.436 e. The minimum absolute atomic E-state index is 0.116. The molecule has 0 amide bonds. The molecule has 100 valence electrons. The normalized spacial score (nSPS) is 10.8. The zero-order chi connectivity index (χ0) is 14.3. The summed E-state index contributed by atoms with van der Waals surface area (Å²) >= 11 is 0. The molecule has 1 aromatic heterocycles. The van der Waals surface area contributed by atoms with Gasteiger partial charge in [-0.2, -0.15) is 0 Å². The second kappa shape index (κ2) is 4.34. The van der Waals surface area contributed by atoms with Gasteiger partial charge in [-0.25, -0.2) is 4.98 Å². The second-order valence-corrected chi connectivity index (χ2v) is 4.52. The highest BCUT2D eigenvalue weighted by molar-refractivity contribution is 5.78. The molecule has 3 aromatic rings. The first-order valence-electron chi connectivity index (χ1n) is 5.96. The summed E-state index contributed by atoms with van der Waals surface area (Å²) in [4.78, 5) is 14.7. The van der Waals surface area contributed by atoms with Gasteiger partial charge in [-0.15, -0.1) is 0 Å². The van der Waals surface area contributed by atoms with Crippen LogP contribution in [0, 0.1) is 17.0 Å². The van der Waals surface area contributed by atoms with Gasteiger partial charge in [0, 0.05) is 11.6 Å². The summed E-state index contributed by atoms with van der Waals surface area (Å²) in [6.45, 7) is 1.96. The highest BCUT2D eigenvalue weighted by atomic mass is 16.6. The lowest BCUT2D eigenvalue weighted by Crippen LogP contribution is -1.95. The maximum absolute atomic E-state index is 10.9. The molecule has 0 unspecified atom stereocenters. The van der Waals surface area contributed by atoms with Crippen molar-refractivity contribution in [2.75, 3.05) is 5.73 Å². The second-order valence-electron chi connectivity index (χ2n) is 4.52. The number of oxazole rings is 1. The Morgan fingerprint density at radius 1 is 1.25 bits per heavy atom. The van der Waals surface area contributed by atoms with Crippen LogP contribution in [0.3, 0.4) is 0 Å². The van der Waals surface area contributed by atoms with E-state index >= 15 is 0 Å². The Morgan fingerprint density at radius 2 is 2.05 bits per heavy atom. The van der Waals surface area contributed by atoms with Gasteiger partial charge in [-0.1, -0.05) is 6.07 Å². The molecule has 0 atom stereocenters. The first-order chi connectivity index (χ1) is 9.54. The molecule has 0 saturated carbocycles. The van der Waals surface area contributed by atoms with E-state index in [1.54, 1.807) is 6.07 Å². The third kappa shape index (κ3) is 1.97. The van der Waals surface area contributed by atoms with Crippen LogP contribution in [0.5, 0.6) is 0 Å². The standard InChI is InChI=1S/C14H11N3O3/c1-8-2-5-13-11(6-8)16-14(20-13)9-3-4-10(15)12(7-9)17(18)19/h2-7H,15H2,1H3. The number of nitrogens with two attached hydrogens (primary N) is 1. The Labute approximate surface area is 114 Å². The van der Waals surface area contributed by atoms with Crippen molar-refractivity contribution in [1.82, 2.24) is 4.98 Å². The molecule has 2 N–H and O–H groups in total. The van der Waals surface area contributed by atoms with Gasteiger partial charge in [0.1, 0.15) is 11.2 Å². The molecule has 6 nitrogen and oxygen atoms in total. The lowest BCUT2D eigenvalue weighted by atomic mass is 10.2. The molecule has 0 radical (unpaired) electrons. The molecule has 0 spiro atoms. The maximum Gasteiger partial charge on any atom is 0.292 e. The van der Waals surface area contributed by atoms with Crippen LogP contribution in [-0.4, -0.2) is 9.91 Å². The predicted octanol–water partition coefficient (Wildman–Crippen LogP) is 3.29. The molecule has 0 aliphatic carbocycles. The average Bonchev–Trinajstić information content (AvgIpc) is 2.81. The van der Waals surface area contributed by atoms with Crippen LogP contribution < -0.4 is 5.73 Å². The predicted molar refractivity (Wildman–Crippen MR) is 75.2 cm³/mol. The first-order valence-corrected chi connectivity index (χ1v) is 5.96. The van der Waals surface area contributed by atoms with E-state index in [2.05, 4.69) is 4.98 Å². The lowest BCUT2D eigenvalue weighted by molar-refractivity contribution is -0.383. The summed E-state index contributed by atoms with van der Waals surface area (Å²) in [5.74, 6) is 0.341.